The Bertz CT molecular complexity index is 1110. The van der Waals surface area contributed by atoms with Crippen molar-refractivity contribution in [2.75, 3.05) is 6.61 Å². The molecule has 2 aromatic carbocycles. The monoisotopic (exact) mass is 435 g/mol. The molecule has 32 heavy (non-hydrogen) atoms. The number of carbonyl (C=O) groups is 2. The molecule has 0 aliphatic carbocycles. The summed E-state index contributed by atoms with van der Waals surface area (Å²) in [5.41, 5.74) is 3.33. The van der Waals surface area contributed by atoms with Crippen molar-refractivity contribution >= 4 is 11.8 Å². The lowest BCUT2D eigenvalue weighted by atomic mass is 10.1. The van der Waals surface area contributed by atoms with E-state index in [2.05, 4.69) is 10.6 Å². The van der Waals surface area contributed by atoms with Crippen molar-refractivity contribution in [2.45, 2.75) is 39.1 Å². The van der Waals surface area contributed by atoms with Gasteiger partial charge in [0.25, 0.3) is 11.8 Å². The number of nitrogens with zero attached hydrogens (tertiary/aromatic N) is 1. The van der Waals surface area contributed by atoms with Crippen molar-refractivity contribution in [3.05, 3.63) is 94.6 Å². The number of aromatic nitrogens is 1. The first-order valence-corrected chi connectivity index (χ1v) is 10.7. The minimum absolute atomic E-state index is 0.181. The summed E-state index contributed by atoms with van der Waals surface area (Å²) >= 11 is 0. The smallest absolute Gasteiger partial charge is 0.268 e. The van der Waals surface area contributed by atoms with Crippen molar-refractivity contribution < 1.29 is 18.7 Å². The summed E-state index contributed by atoms with van der Waals surface area (Å²) in [5, 5.41) is 5.96. The fraction of sp³-hybridized carbons (Fsp3) is 0.280. The summed E-state index contributed by atoms with van der Waals surface area (Å²) in [6.07, 6.45) is 0. The number of fused-ring (bicyclic) bond motifs is 1. The van der Waals surface area contributed by atoms with E-state index in [1.165, 1.54) is 12.1 Å². The minimum atomic E-state index is -0.326. The molecule has 2 amide bonds. The van der Waals surface area contributed by atoms with E-state index < -0.39 is 0 Å². The van der Waals surface area contributed by atoms with Gasteiger partial charge in [-0.15, -0.1) is 0 Å². The maximum atomic E-state index is 13.2. The predicted molar refractivity (Wildman–Crippen MR) is 119 cm³/mol. The molecular formula is C25H26FN3O3. The van der Waals surface area contributed by atoms with E-state index in [1.54, 1.807) is 18.2 Å². The van der Waals surface area contributed by atoms with Crippen LogP contribution in [0.25, 0.3) is 0 Å². The predicted octanol–water partition coefficient (Wildman–Crippen LogP) is 4.14. The molecule has 1 aliphatic rings. The summed E-state index contributed by atoms with van der Waals surface area (Å²) in [5.74, 6) is -0.866. The molecule has 6 nitrogen and oxygen atoms in total. The van der Waals surface area contributed by atoms with Crippen LogP contribution >= 0.6 is 0 Å². The Morgan fingerprint density at radius 3 is 2.25 bits per heavy atom. The normalized spacial score (nSPS) is 14.8. The average Bonchev–Trinajstić information content (AvgIpc) is 3.20. The summed E-state index contributed by atoms with van der Waals surface area (Å²) in [4.78, 5) is 26.1. The van der Waals surface area contributed by atoms with E-state index in [4.69, 9.17) is 4.74 Å². The number of rotatable bonds is 6. The Kier molecular flexibility index (Phi) is 6.37. The lowest BCUT2D eigenvalue weighted by Gasteiger charge is -2.21. The van der Waals surface area contributed by atoms with Gasteiger partial charge in [-0.25, -0.2) is 4.39 Å². The molecule has 1 aromatic heterocycles. The lowest BCUT2D eigenvalue weighted by Crippen LogP contribution is -2.30. The van der Waals surface area contributed by atoms with Crippen LogP contribution in [0.5, 0.6) is 0 Å². The number of carbonyl (C=O) groups excluding carboxylic acids is 2. The molecule has 0 fully saturated rings. The molecule has 0 saturated carbocycles. The number of amides is 2. The molecule has 3 aromatic rings. The second-order valence-electron chi connectivity index (χ2n) is 7.95. The summed E-state index contributed by atoms with van der Waals surface area (Å²) < 4.78 is 20.6. The van der Waals surface area contributed by atoms with Gasteiger partial charge in [0.1, 0.15) is 11.5 Å². The second-order valence-corrected chi connectivity index (χ2v) is 7.95. The molecule has 2 heterocycles. The van der Waals surface area contributed by atoms with E-state index in [0.717, 1.165) is 11.1 Å². The van der Waals surface area contributed by atoms with Crippen LogP contribution in [0.4, 0.5) is 4.39 Å². The number of hydrogen-bond donors (Lipinski definition) is 2. The van der Waals surface area contributed by atoms with Gasteiger partial charge >= 0.3 is 0 Å². The molecule has 2 atom stereocenters. The van der Waals surface area contributed by atoms with Gasteiger partial charge < -0.3 is 19.9 Å². The molecular weight excluding hydrogens is 409 g/mol. The van der Waals surface area contributed by atoms with Gasteiger partial charge in [-0.3, -0.25) is 9.59 Å². The van der Waals surface area contributed by atoms with E-state index >= 15 is 0 Å². The maximum absolute atomic E-state index is 13.2. The van der Waals surface area contributed by atoms with E-state index in [-0.39, 0.29) is 36.3 Å². The van der Waals surface area contributed by atoms with Crippen LogP contribution in [0.1, 0.15) is 63.6 Å². The van der Waals surface area contributed by atoms with Crippen molar-refractivity contribution in [1.82, 2.24) is 15.2 Å². The van der Waals surface area contributed by atoms with Gasteiger partial charge in [0.2, 0.25) is 0 Å². The SMILES string of the molecule is C[C@@H](NC(=O)c1cc(C(=O)N[C@H](C)c2ccc(F)cc2)n2c1COCC2)c1ccccc1. The molecule has 0 bridgehead atoms. The van der Waals surface area contributed by atoms with Crippen LogP contribution in [0.15, 0.2) is 60.7 Å². The first-order valence-electron chi connectivity index (χ1n) is 10.7. The van der Waals surface area contributed by atoms with Crippen LogP contribution in [-0.4, -0.2) is 23.0 Å². The zero-order chi connectivity index (χ0) is 22.7. The fourth-order valence-electron chi connectivity index (χ4n) is 3.91. The largest absolute Gasteiger partial charge is 0.373 e. The lowest BCUT2D eigenvalue weighted by molar-refractivity contribution is 0.0775. The third-order valence-corrected chi connectivity index (χ3v) is 5.75. The van der Waals surface area contributed by atoms with E-state index in [1.807, 2.05) is 48.7 Å². The highest BCUT2D eigenvalue weighted by atomic mass is 19.1. The topological polar surface area (TPSA) is 72.4 Å². The zero-order valence-corrected chi connectivity index (χ0v) is 18.1. The molecule has 7 heteroatoms. The Labute approximate surface area is 186 Å². The minimum Gasteiger partial charge on any atom is -0.373 e. The number of halogens is 1. The molecule has 0 radical (unpaired) electrons. The van der Waals surface area contributed by atoms with E-state index in [0.29, 0.717) is 30.1 Å². The van der Waals surface area contributed by atoms with Gasteiger partial charge in [-0.1, -0.05) is 42.5 Å². The number of nitrogens with one attached hydrogen (secondary N) is 2. The van der Waals surface area contributed by atoms with Crippen molar-refractivity contribution in [3.8, 4) is 0 Å². The zero-order valence-electron chi connectivity index (χ0n) is 18.1. The first kappa shape index (κ1) is 21.8. The van der Waals surface area contributed by atoms with Gasteiger partial charge in [-0.2, -0.15) is 0 Å². The third kappa shape index (κ3) is 4.57. The van der Waals surface area contributed by atoms with Crippen LogP contribution in [0.3, 0.4) is 0 Å². The van der Waals surface area contributed by atoms with Crippen molar-refractivity contribution in [3.63, 3.8) is 0 Å². The Morgan fingerprint density at radius 1 is 0.938 bits per heavy atom. The highest BCUT2D eigenvalue weighted by Gasteiger charge is 2.27. The highest BCUT2D eigenvalue weighted by Crippen LogP contribution is 2.23. The highest BCUT2D eigenvalue weighted by molar-refractivity contribution is 6.01. The van der Waals surface area contributed by atoms with Crippen LogP contribution in [0, 0.1) is 5.82 Å². The molecule has 166 valence electrons. The van der Waals surface area contributed by atoms with Gasteiger partial charge in [-0.05, 0) is 43.2 Å². The number of hydrogen-bond acceptors (Lipinski definition) is 3. The maximum Gasteiger partial charge on any atom is 0.268 e. The van der Waals surface area contributed by atoms with Gasteiger partial charge in [0.05, 0.1) is 36.6 Å². The van der Waals surface area contributed by atoms with Crippen LogP contribution in [0.2, 0.25) is 0 Å². The second kappa shape index (κ2) is 9.36. The average molecular weight is 435 g/mol. The Hall–Kier alpha value is -3.45. The summed E-state index contributed by atoms with van der Waals surface area (Å²) in [6, 6.07) is 16.9. The summed E-state index contributed by atoms with van der Waals surface area (Å²) in [6.45, 7) is 4.98. The van der Waals surface area contributed by atoms with Crippen molar-refractivity contribution in [1.29, 1.82) is 0 Å². The standard InChI is InChI=1S/C25H26FN3O3/c1-16(18-6-4-3-5-7-18)27-24(30)21-14-22(29-12-13-32-15-23(21)29)25(31)28-17(2)19-8-10-20(26)11-9-19/h3-11,14,16-17H,12-13,15H2,1-2H3,(H,27,30)(H,28,31)/t16-,17-/m1/s1. The molecule has 2 N–H and O–H groups in total. The molecule has 4 rings (SSSR count). The van der Waals surface area contributed by atoms with Gasteiger partial charge in [0.15, 0.2) is 0 Å². The fourth-order valence-corrected chi connectivity index (χ4v) is 3.91. The number of benzene rings is 2. The molecule has 0 spiro atoms. The van der Waals surface area contributed by atoms with Crippen LogP contribution in [-0.2, 0) is 17.9 Å². The quantitative estimate of drug-likeness (QED) is 0.611. The molecule has 0 saturated heterocycles. The summed E-state index contributed by atoms with van der Waals surface area (Å²) in [7, 11) is 0. The van der Waals surface area contributed by atoms with Crippen molar-refractivity contribution in [2.24, 2.45) is 0 Å². The van der Waals surface area contributed by atoms with Gasteiger partial charge in [0, 0.05) is 6.54 Å². The Balaban J connectivity index is 1.55. The molecule has 1 aliphatic heterocycles. The third-order valence-electron chi connectivity index (χ3n) is 5.75. The van der Waals surface area contributed by atoms with E-state index in [9.17, 15) is 14.0 Å². The Morgan fingerprint density at radius 2 is 1.56 bits per heavy atom. The first-order chi connectivity index (χ1) is 15.4. The number of ether oxygens (including phenoxy) is 1. The molecule has 0 unspecified atom stereocenters. The van der Waals surface area contributed by atoms with Crippen LogP contribution < -0.4 is 10.6 Å².